The Balaban J connectivity index is 1.80. The molecule has 1 spiro atoms. The lowest BCUT2D eigenvalue weighted by Gasteiger charge is -2.47. The van der Waals surface area contributed by atoms with Crippen LogP contribution in [0.2, 0.25) is 0 Å². The van der Waals surface area contributed by atoms with E-state index >= 15 is 0 Å². The molecule has 0 radical (unpaired) electrons. The zero-order valence-electron chi connectivity index (χ0n) is 13.0. The molecule has 0 bridgehead atoms. The summed E-state index contributed by atoms with van der Waals surface area (Å²) in [5, 5.41) is 0. The van der Waals surface area contributed by atoms with Crippen LogP contribution < -0.4 is 9.47 Å². The van der Waals surface area contributed by atoms with Crippen LogP contribution in [0.5, 0.6) is 11.5 Å². The number of hydrogen-bond donors (Lipinski definition) is 0. The summed E-state index contributed by atoms with van der Waals surface area (Å²) in [5.41, 5.74) is 0.930. The summed E-state index contributed by atoms with van der Waals surface area (Å²) in [6.45, 7) is 2.03. The van der Waals surface area contributed by atoms with Gasteiger partial charge in [-0.15, -0.1) is 0 Å². The number of hydrogen-bond acceptors (Lipinski definition) is 3. The van der Waals surface area contributed by atoms with Gasteiger partial charge in [0.1, 0.15) is 11.9 Å². The molecule has 3 rings (SSSR count). The summed E-state index contributed by atoms with van der Waals surface area (Å²) in [6, 6.07) is 5.97. The molecule has 114 valence electrons. The molecule has 0 heterocycles. The number of rotatable bonds is 3. The highest BCUT2D eigenvalue weighted by Gasteiger charge is 2.55. The fourth-order valence-electron chi connectivity index (χ4n) is 3.76. The zero-order valence-corrected chi connectivity index (χ0v) is 13.0. The van der Waals surface area contributed by atoms with Crippen molar-refractivity contribution < 1.29 is 14.3 Å². The number of carbonyl (C=O) groups excluding carboxylic acids is 1. The maximum absolute atomic E-state index is 12.3. The maximum atomic E-state index is 12.3. The van der Waals surface area contributed by atoms with Crippen molar-refractivity contribution in [2.75, 3.05) is 7.11 Å². The first-order valence-electron chi connectivity index (χ1n) is 8.00. The summed E-state index contributed by atoms with van der Waals surface area (Å²) in [4.78, 5) is 12.3. The number of ketones is 1. The standard InChI is InChI=1S/C18H24O3/c1-13-7-8-14(15(11-13)20-2)21-17-12-16(19)18(17)9-5-3-4-6-10-18/h7-8,11,17H,3-6,9-10,12H2,1-2H3. The molecule has 1 aromatic rings. The van der Waals surface area contributed by atoms with E-state index in [2.05, 4.69) is 0 Å². The van der Waals surface area contributed by atoms with Crippen molar-refractivity contribution in [3.05, 3.63) is 23.8 Å². The quantitative estimate of drug-likeness (QED) is 0.841. The Morgan fingerprint density at radius 1 is 1.10 bits per heavy atom. The van der Waals surface area contributed by atoms with Gasteiger partial charge in [-0.25, -0.2) is 0 Å². The number of aryl methyl sites for hydroxylation is 1. The predicted molar refractivity (Wildman–Crippen MR) is 81.9 cm³/mol. The average molecular weight is 288 g/mol. The molecule has 0 N–H and O–H groups in total. The molecule has 1 aromatic carbocycles. The van der Waals surface area contributed by atoms with E-state index in [9.17, 15) is 4.79 Å². The number of Topliss-reactive ketones (excluding diaryl/α,β-unsaturated/α-hetero) is 1. The molecular weight excluding hydrogens is 264 g/mol. The fourth-order valence-corrected chi connectivity index (χ4v) is 3.76. The van der Waals surface area contributed by atoms with Crippen LogP contribution in [0.1, 0.15) is 50.5 Å². The lowest BCUT2D eigenvalue weighted by atomic mass is 9.60. The molecule has 3 heteroatoms. The van der Waals surface area contributed by atoms with Crippen molar-refractivity contribution in [3.63, 3.8) is 0 Å². The van der Waals surface area contributed by atoms with E-state index in [-0.39, 0.29) is 11.5 Å². The highest BCUT2D eigenvalue weighted by Crippen LogP contribution is 2.50. The topological polar surface area (TPSA) is 35.5 Å². The molecule has 2 saturated carbocycles. The second kappa shape index (κ2) is 5.70. The SMILES string of the molecule is COc1cc(C)ccc1OC1CC(=O)C12CCCCCC2. The number of methoxy groups -OCH3 is 1. The van der Waals surface area contributed by atoms with Gasteiger partial charge in [-0.1, -0.05) is 31.7 Å². The summed E-state index contributed by atoms with van der Waals surface area (Å²) >= 11 is 0. The minimum absolute atomic E-state index is 0.0275. The van der Waals surface area contributed by atoms with E-state index in [4.69, 9.17) is 9.47 Å². The minimum Gasteiger partial charge on any atom is -0.493 e. The van der Waals surface area contributed by atoms with Crippen LogP contribution in [0, 0.1) is 12.3 Å². The Morgan fingerprint density at radius 3 is 2.43 bits per heavy atom. The molecule has 0 aromatic heterocycles. The van der Waals surface area contributed by atoms with E-state index < -0.39 is 0 Å². The van der Waals surface area contributed by atoms with Crippen LogP contribution in [0.15, 0.2) is 18.2 Å². The van der Waals surface area contributed by atoms with Crippen molar-refractivity contribution in [3.8, 4) is 11.5 Å². The Kier molecular flexibility index (Phi) is 3.92. The van der Waals surface area contributed by atoms with E-state index in [1.807, 2.05) is 25.1 Å². The largest absolute Gasteiger partial charge is 0.493 e. The molecule has 0 amide bonds. The fraction of sp³-hybridized carbons (Fsp3) is 0.611. The first-order chi connectivity index (χ1) is 10.2. The summed E-state index contributed by atoms with van der Waals surface area (Å²) in [6.07, 6.45) is 7.35. The van der Waals surface area contributed by atoms with Gasteiger partial charge in [-0.05, 0) is 37.5 Å². The van der Waals surface area contributed by atoms with Crippen LogP contribution in [0.25, 0.3) is 0 Å². The molecule has 1 unspecified atom stereocenters. The number of benzene rings is 1. The van der Waals surface area contributed by atoms with Crippen molar-refractivity contribution in [1.82, 2.24) is 0 Å². The zero-order chi connectivity index (χ0) is 14.9. The molecule has 2 aliphatic carbocycles. The summed E-state index contributed by atoms with van der Waals surface area (Å²) in [7, 11) is 1.66. The van der Waals surface area contributed by atoms with Crippen molar-refractivity contribution in [2.24, 2.45) is 5.41 Å². The number of ether oxygens (including phenoxy) is 2. The highest BCUT2D eigenvalue weighted by molar-refractivity contribution is 5.92. The van der Waals surface area contributed by atoms with Gasteiger partial charge in [-0.3, -0.25) is 4.79 Å². The molecular formula is C18H24O3. The van der Waals surface area contributed by atoms with Crippen molar-refractivity contribution in [2.45, 2.75) is 58.0 Å². The van der Waals surface area contributed by atoms with Crippen molar-refractivity contribution >= 4 is 5.78 Å². The van der Waals surface area contributed by atoms with Crippen LogP contribution >= 0.6 is 0 Å². The van der Waals surface area contributed by atoms with E-state index in [0.717, 1.165) is 42.7 Å². The number of carbonyl (C=O) groups is 1. The highest BCUT2D eigenvalue weighted by atomic mass is 16.5. The molecule has 21 heavy (non-hydrogen) atoms. The van der Waals surface area contributed by atoms with Crippen LogP contribution in [0.3, 0.4) is 0 Å². The third kappa shape index (κ3) is 2.54. The normalized spacial score (nSPS) is 24.3. The molecule has 0 saturated heterocycles. The van der Waals surface area contributed by atoms with Gasteiger partial charge >= 0.3 is 0 Å². The summed E-state index contributed by atoms with van der Waals surface area (Å²) < 4.78 is 11.6. The second-order valence-corrected chi connectivity index (χ2v) is 6.46. The first kappa shape index (κ1) is 14.4. The Bertz CT molecular complexity index is 527. The van der Waals surface area contributed by atoms with E-state index in [1.54, 1.807) is 7.11 Å². The summed E-state index contributed by atoms with van der Waals surface area (Å²) in [5.74, 6) is 1.93. The molecule has 3 nitrogen and oxygen atoms in total. The van der Waals surface area contributed by atoms with Crippen LogP contribution in [-0.2, 0) is 4.79 Å². The van der Waals surface area contributed by atoms with Gasteiger partial charge in [-0.2, -0.15) is 0 Å². The third-order valence-corrected chi connectivity index (χ3v) is 5.13. The van der Waals surface area contributed by atoms with Gasteiger partial charge in [0, 0.05) is 6.42 Å². The van der Waals surface area contributed by atoms with Gasteiger partial charge in [0.25, 0.3) is 0 Å². The Labute approximate surface area is 126 Å². The van der Waals surface area contributed by atoms with Crippen LogP contribution in [0.4, 0.5) is 0 Å². The second-order valence-electron chi connectivity index (χ2n) is 6.46. The maximum Gasteiger partial charge on any atom is 0.161 e. The monoisotopic (exact) mass is 288 g/mol. The lowest BCUT2D eigenvalue weighted by Crippen LogP contribution is -2.56. The predicted octanol–water partition coefficient (Wildman–Crippen LogP) is 4.06. The molecule has 2 fully saturated rings. The lowest BCUT2D eigenvalue weighted by molar-refractivity contribution is -0.154. The molecule has 0 aliphatic heterocycles. The molecule has 1 atom stereocenters. The Morgan fingerprint density at radius 2 is 1.81 bits per heavy atom. The Hall–Kier alpha value is -1.51. The van der Waals surface area contributed by atoms with Gasteiger partial charge in [0.15, 0.2) is 11.5 Å². The minimum atomic E-state index is -0.216. The molecule has 2 aliphatic rings. The third-order valence-electron chi connectivity index (χ3n) is 5.13. The van der Waals surface area contributed by atoms with Gasteiger partial charge in [0.05, 0.1) is 12.5 Å². The first-order valence-corrected chi connectivity index (χ1v) is 8.00. The van der Waals surface area contributed by atoms with Crippen LogP contribution in [-0.4, -0.2) is 19.0 Å². The van der Waals surface area contributed by atoms with Gasteiger partial charge in [0.2, 0.25) is 0 Å². The average Bonchev–Trinajstić information content (AvgIpc) is 2.76. The smallest absolute Gasteiger partial charge is 0.161 e. The van der Waals surface area contributed by atoms with Crippen molar-refractivity contribution in [1.29, 1.82) is 0 Å². The van der Waals surface area contributed by atoms with E-state index in [0.29, 0.717) is 12.2 Å². The van der Waals surface area contributed by atoms with Gasteiger partial charge < -0.3 is 9.47 Å². The van der Waals surface area contributed by atoms with E-state index in [1.165, 1.54) is 12.8 Å².